The van der Waals surface area contributed by atoms with Gasteiger partial charge in [-0.3, -0.25) is 4.79 Å². The van der Waals surface area contributed by atoms with Crippen molar-refractivity contribution in [3.63, 3.8) is 0 Å². The van der Waals surface area contributed by atoms with Crippen LogP contribution in [0, 0.1) is 0 Å². The fourth-order valence-electron chi connectivity index (χ4n) is 3.06. The van der Waals surface area contributed by atoms with Gasteiger partial charge in [-0.15, -0.1) is 0 Å². The Morgan fingerprint density at radius 1 is 1.33 bits per heavy atom. The second-order valence-electron chi connectivity index (χ2n) is 6.21. The number of rotatable bonds is 5. The number of aryl methyl sites for hydroxylation is 1. The van der Waals surface area contributed by atoms with Crippen LogP contribution in [0.2, 0.25) is 0 Å². The zero-order valence-electron chi connectivity index (χ0n) is 14.9. The number of aromatic nitrogens is 4. The minimum atomic E-state index is -0.780. The van der Waals surface area contributed by atoms with Gasteiger partial charge in [-0.25, -0.2) is 9.97 Å². The lowest BCUT2D eigenvalue weighted by Gasteiger charge is -2.10. The second kappa shape index (κ2) is 6.45. The van der Waals surface area contributed by atoms with E-state index in [0.717, 1.165) is 11.0 Å². The minimum absolute atomic E-state index is 0.108. The average molecular weight is 365 g/mol. The molecule has 0 aliphatic carbocycles. The van der Waals surface area contributed by atoms with Crippen LogP contribution in [0.25, 0.3) is 33.7 Å². The first-order valence-corrected chi connectivity index (χ1v) is 8.41. The zero-order chi connectivity index (χ0) is 19.1. The summed E-state index contributed by atoms with van der Waals surface area (Å²) in [4.78, 5) is 25.3. The molecule has 0 spiro atoms. The Labute approximate surface area is 154 Å². The van der Waals surface area contributed by atoms with Crippen molar-refractivity contribution >= 4 is 33.9 Å². The molecule has 5 N–H and O–H groups in total. The Morgan fingerprint density at radius 3 is 2.89 bits per heavy atom. The number of hydrogen-bond acceptors (Lipinski definition) is 8. The first kappa shape index (κ1) is 17.1. The van der Waals surface area contributed by atoms with Gasteiger partial charge in [0.05, 0.1) is 18.9 Å². The third-order valence-corrected chi connectivity index (χ3v) is 4.49. The number of nitrogens with zero attached hydrogens (tertiary/aromatic N) is 4. The summed E-state index contributed by atoms with van der Waals surface area (Å²) in [7, 11) is 3.67. The second-order valence-corrected chi connectivity index (χ2v) is 6.21. The number of pyridine rings is 1. The van der Waals surface area contributed by atoms with Crippen LogP contribution < -0.4 is 16.8 Å². The number of ketones is 1. The fraction of sp³-hybridized carbons (Fsp3) is 0.222. The van der Waals surface area contributed by atoms with Gasteiger partial charge in [-0.05, 0) is 17.7 Å². The topological polar surface area (TPSA) is 138 Å². The summed E-state index contributed by atoms with van der Waals surface area (Å²) in [5.41, 5.74) is 15.3. The molecule has 4 rings (SSSR count). The number of Topliss-reactive ketones (excluding diaryl/α,β-unsaturated/α-hetero) is 1. The average Bonchev–Trinajstić information content (AvgIpc) is 3.29. The summed E-state index contributed by atoms with van der Waals surface area (Å²) < 4.78 is 7.77. The lowest BCUT2D eigenvalue weighted by atomic mass is 10.0. The predicted molar refractivity (Wildman–Crippen MR) is 102 cm³/mol. The van der Waals surface area contributed by atoms with Gasteiger partial charge in [-0.2, -0.15) is 4.98 Å². The Balaban J connectivity index is 1.87. The minimum Gasteiger partial charge on any atom is -0.418 e. The van der Waals surface area contributed by atoms with Crippen LogP contribution in [0.5, 0.6) is 0 Å². The van der Waals surface area contributed by atoms with Gasteiger partial charge in [0.15, 0.2) is 17.1 Å². The van der Waals surface area contributed by atoms with E-state index in [1.807, 2.05) is 17.7 Å². The quantitative estimate of drug-likeness (QED) is 0.482. The van der Waals surface area contributed by atoms with Crippen LogP contribution in [0.15, 0.2) is 35.0 Å². The number of nitrogens with two attached hydrogens (primary N) is 2. The van der Waals surface area contributed by atoms with Gasteiger partial charge in [0, 0.05) is 19.7 Å². The van der Waals surface area contributed by atoms with Crippen molar-refractivity contribution < 1.29 is 9.21 Å². The summed E-state index contributed by atoms with van der Waals surface area (Å²) in [6.45, 7) is -0.108. The van der Waals surface area contributed by atoms with E-state index in [2.05, 4.69) is 20.3 Å². The van der Waals surface area contributed by atoms with E-state index < -0.39 is 6.04 Å². The maximum Gasteiger partial charge on any atom is 0.251 e. The lowest BCUT2D eigenvalue weighted by Crippen LogP contribution is -2.27. The van der Waals surface area contributed by atoms with Gasteiger partial charge in [0.2, 0.25) is 5.89 Å². The van der Waals surface area contributed by atoms with Crippen molar-refractivity contribution in [2.24, 2.45) is 18.5 Å². The Morgan fingerprint density at radius 2 is 2.15 bits per heavy atom. The van der Waals surface area contributed by atoms with E-state index in [1.165, 1.54) is 0 Å². The van der Waals surface area contributed by atoms with Crippen molar-refractivity contribution in [3.8, 4) is 11.5 Å². The summed E-state index contributed by atoms with van der Waals surface area (Å²) >= 11 is 0. The normalized spacial score (nSPS) is 12.6. The molecule has 138 valence electrons. The number of carbonyl (C=O) groups excluding carboxylic acids is 1. The van der Waals surface area contributed by atoms with Crippen LogP contribution in [0.4, 0.5) is 5.82 Å². The maximum absolute atomic E-state index is 11.8. The van der Waals surface area contributed by atoms with Crippen molar-refractivity contribution in [1.82, 2.24) is 19.5 Å². The first-order valence-electron chi connectivity index (χ1n) is 8.41. The number of oxazole rings is 1. The molecule has 0 fully saturated rings. The molecule has 9 heteroatoms. The molecule has 0 saturated carbocycles. The van der Waals surface area contributed by atoms with Gasteiger partial charge in [0.25, 0.3) is 5.71 Å². The molecule has 1 unspecified atom stereocenters. The number of hydrogen-bond donors (Lipinski definition) is 3. The number of carbonyl (C=O) groups is 1. The molecule has 1 aromatic carbocycles. The molecule has 3 aromatic heterocycles. The highest BCUT2D eigenvalue weighted by Gasteiger charge is 2.20. The summed E-state index contributed by atoms with van der Waals surface area (Å²) in [6, 6.07) is 6.42. The van der Waals surface area contributed by atoms with E-state index in [-0.39, 0.29) is 12.3 Å². The lowest BCUT2D eigenvalue weighted by molar-refractivity contribution is -0.119. The monoisotopic (exact) mass is 365 g/mol. The predicted octanol–water partition coefficient (Wildman–Crippen LogP) is 1.35. The molecule has 0 amide bonds. The molecule has 4 aromatic rings. The van der Waals surface area contributed by atoms with Crippen LogP contribution in [0.1, 0.15) is 11.6 Å². The molecule has 27 heavy (non-hydrogen) atoms. The zero-order valence-corrected chi connectivity index (χ0v) is 14.9. The van der Waals surface area contributed by atoms with Gasteiger partial charge >= 0.3 is 0 Å². The standard InChI is InChI=1S/C18H19N7O2/c1-21-16-13-15(25(2)8-22-13)14-18(24-16)27-17(23-14)10-5-3-4-9(6-10)12(20)11(26)7-19/h3-6,8,12H,7,19-20H2,1-2H3,(H,21,24). The number of imidazole rings is 1. The SMILES string of the molecule is CNc1nc2oc(-c3cccc(C(N)C(=O)CN)c3)nc2c2c1ncn2C. The Bertz CT molecular complexity index is 1160. The maximum atomic E-state index is 11.8. The first-order chi connectivity index (χ1) is 13.0. The fourth-order valence-corrected chi connectivity index (χ4v) is 3.06. The van der Waals surface area contributed by atoms with Crippen molar-refractivity contribution in [2.45, 2.75) is 6.04 Å². The van der Waals surface area contributed by atoms with Crippen LogP contribution >= 0.6 is 0 Å². The third-order valence-electron chi connectivity index (χ3n) is 4.49. The van der Waals surface area contributed by atoms with E-state index in [4.69, 9.17) is 15.9 Å². The van der Waals surface area contributed by atoms with Crippen molar-refractivity contribution in [2.75, 3.05) is 18.9 Å². The van der Waals surface area contributed by atoms with E-state index in [1.54, 1.807) is 31.6 Å². The number of fused-ring (bicyclic) bond motifs is 3. The number of benzene rings is 1. The molecule has 0 radical (unpaired) electrons. The van der Waals surface area contributed by atoms with E-state index in [0.29, 0.717) is 34.1 Å². The Kier molecular flexibility index (Phi) is 4.09. The van der Waals surface area contributed by atoms with Gasteiger partial charge in [0.1, 0.15) is 11.0 Å². The van der Waals surface area contributed by atoms with Crippen molar-refractivity contribution in [3.05, 3.63) is 36.2 Å². The van der Waals surface area contributed by atoms with Crippen LogP contribution in [0.3, 0.4) is 0 Å². The Hall–Kier alpha value is -3.30. The van der Waals surface area contributed by atoms with Crippen LogP contribution in [-0.2, 0) is 11.8 Å². The van der Waals surface area contributed by atoms with E-state index in [9.17, 15) is 4.79 Å². The number of anilines is 1. The highest BCUT2D eigenvalue weighted by Crippen LogP contribution is 2.31. The largest absolute Gasteiger partial charge is 0.418 e. The van der Waals surface area contributed by atoms with Crippen LogP contribution in [-0.4, -0.2) is 38.9 Å². The molecule has 0 bridgehead atoms. The molecule has 9 nitrogen and oxygen atoms in total. The van der Waals surface area contributed by atoms with Gasteiger partial charge < -0.3 is 25.8 Å². The third kappa shape index (κ3) is 2.73. The molecule has 0 saturated heterocycles. The smallest absolute Gasteiger partial charge is 0.251 e. The summed E-state index contributed by atoms with van der Waals surface area (Å²) in [5, 5.41) is 3.03. The summed E-state index contributed by atoms with van der Waals surface area (Å²) in [5.74, 6) is 0.772. The molecular weight excluding hydrogens is 346 g/mol. The highest BCUT2D eigenvalue weighted by molar-refractivity contribution is 6.03. The van der Waals surface area contributed by atoms with Gasteiger partial charge in [-0.1, -0.05) is 12.1 Å². The summed E-state index contributed by atoms with van der Waals surface area (Å²) in [6.07, 6.45) is 1.71. The highest BCUT2D eigenvalue weighted by atomic mass is 16.4. The number of nitrogens with one attached hydrogen (secondary N) is 1. The van der Waals surface area contributed by atoms with E-state index >= 15 is 0 Å². The molecule has 0 aliphatic rings. The molecule has 0 aliphatic heterocycles. The van der Waals surface area contributed by atoms with Crippen molar-refractivity contribution in [1.29, 1.82) is 0 Å². The molecule has 1 atom stereocenters. The molecule has 3 heterocycles. The molecular formula is C18H19N7O2.